The van der Waals surface area contributed by atoms with E-state index < -0.39 is 0 Å². The number of nitrogen functional groups attached to an aromatic ring is 1. The molecule has 1 aliphatic rings. The van der Waals surface area contributed by atoms with Crippen LogP contribution in [-0.2, 0) is 12.8 Å². The predicted octanol–water partition coefficient (Wildman–Crippen LogP) is 4.11. The minimum absolute atomic E-state index is 0.0987. The Morgan fingerprint density at radius 1 is 1.25 bits per heavy atom. The third-order valence-corrected chi connectivity index (χ3v) is 4.95. The maximum atomic E-state index is 12.3. The van der Waals surface area contributed by atoms with Gasteiger partial charge >= 0.3 is 0 Å². The van der Waals surface area contributed by atoms with E-state index in [2.05, 4.69) is 5.32 Å². The second-order valence-electron chi connectivity index (χ2n) is 4.95. The fraction of sp³-hybridized carbons (Fsp3) is 0.267. The van der Waals surface area contributed by atoms with Crippen molar-refractivity contribution >= 4 is 40.2 Å². The Labute approximate surface area is 126 Å². The molecule has 0 saturated heterocycles. The summed E-state index contributed by atoms with van der Waals surface area (Å²) in [4.78, 5) is 14.4. The van der Waals surface area contributed by atoms with E-state index in [-0.39, 0.29) is 5.91 Å². The molecule has 0 spiro atoms. The van der Waals surface area contributed by atoms with Gasteiger partial charge in [0, 0.05) is 9.90 Å². The van der Waals surface area contributed by atoms with Crippen molar-refractivity contribution in [3.8, 4) is 0 Å². The molecule has 3 N–H and O–H groups in total. The summed E-state index contributed by atoms with van der Waals surface area (Å²) in [6, 6.07) is 7.09. The lowest BCUT2D eigenvalue weighted by atomic mass is 9.99. The van der Waals surface area contributed by atoms with Gasteiger partial charge in [0.25, 0.3) is 5.91 Å². The van der Waals surface area contributed by atoms with Gasteiger partial charge in [-0.2, -0.15) is 0 Å². The number of hydrogen-bond donors (Lipinski definition) is 2. The Hall–Kier alpha value is -1.52. The quantitative estimate of drug-likeness (QED) is 0.820. The van der Waals surface area contributed by atoms with Gasteiger partial charge in [-0.3, -0.25) is 4.79 Å². The van der Waals surface area contributed by atoms with E-state index in [0.29, 0.717) is 16.4 Å². The minimum Gasteiger partial charge on any atom is -0.397 e. The number of carbonyl (C=O) groups excluding carboxylic acids is 1. The van der Waals surface area contributed by atoms with Gasteiger partial charge in [-0.05, 0) is 55.5 Å². The van der Waals surface area contributed by atoms with Crippen molar-refractivity contribution in [1.82, 2.24) is 0 Å². The SMILES string of the molecule is Nc1cc(Cl)ccc1NC(=O)c1cc2c(s1)CCCC2. The van der Waals surface area contributed by atoms with Crippen molar-refractivity contribution in [3.05, 3.63) is 44.6 Å². The number of hydrogen-bond acceptors (Lipinski definition) is 3. The third-order valence-electron chi connectivity index (χ3n) is 3.48. The number of rotatable bonds is 2. The molecule has 1 aliphatic carbocycles. The molecule has 1 heterocycles. The van der Waals surface area contributed by atoms with Crippen molar-refractivity contribution in [2.45, 2.75) is 25.7 Å². The number of benzene rings is 1. The van der Waals surface area contributed by atoms with Gasteiger partial charge in [-0.15, -0.1) is 11.3 Å². The highest BCUT2D eigenvalue weighted by molar-refractivity contribution is 7.14. The first-order valence-corrected chi connectivity index (χ1v) is 7.81. The van der Waals surface area contributed by atoms with E-state index in [1.165, 1.54) is 23.3 Å². The van der Waals surface area contributed by atoms with Crippen molar-refractivity contribution < 1.29 is 4.79 Å². The van der Waals surface area contributed by atoms with Crippen molar-refractivity contribution in [3.63, 3.8) is 0 Å². The summed E-state index contributed by atoms with van der Waals surface area (Å²) in [6.45, 7) is 0. The molecule has 3 rings (SSSR count). The smallest absolute Gasteiger partial charge is 0.265 e. The number of halogens is 1. The van der Waals surface area contributed by atoms with Crippen LogP contribution in [0.2, 0.25) is 5.02 Å². The summed E-state index contributed by atoms with van der Waals surface area (Å²) >= 11 is 7.44. The normalized spacial score (nSPS) is 13.8. The fourth-order valence-corrected chi connectivity index (χ4v) is 3.76. The summed E-state index contributed by atoms with van der Waals surface area (Å²) in [5.41, 5.74) is 8.26. The topological polar surface area (TPSA) is 55.1 Å². The Balaban J connectivity index is 1.80. The number of anilines is 2. The molecular formula is C15H15ClN2OS. The molecule has 0 unspecified atom stereocenters. The average molecular weight is 307 g/mol. The van der Waals surface area contributed by atoms with E-state index in [4.69, 9.17) is 17.3 Å². The Kier molecular flexibility index (Phi) is 3.68. The number of nitrogens with one attached hydrogen (secondary N) is 1. The number of carbonyl (C=O) groups is 1. The van der Waals surface area contributed by atoms with Crippen LogP contribution in [0.25, 0.3) is 0 Å². The van der Waals surface area contributed by atoms with Crippen LogP contribution in [-0.4, -0.2) is 5.91 Å². The molecule has 1 aromatic carbocycles. The van der Waals surface area contributed by atoms with Crippen LogP contribution in [0, 0.1) is 0 Å². The van der Waals surface area contributed by atoms with E-state index in [9.17, 15) is 4.79 Å². The van der Waals surface area contributed by atoms with Crippen LogP contribution in [0.3, 0.4) is 0 Å². The van der Waals surface area contributed by atoms with Crippen LogP contribution in [0.4, 0.5) is 11.4 Å². The van der Waals surface area contributed by atoms with E-state index in [1.54, 1.807) is 29.5 Å². The van der Waals surface area contributed by atoms with Crippen LogP contribution in [0.15, 0.2) is 24.3 Å². The average Bonchev–Trinajstić information content (AvgIpc) is 2.86. The predicted molar refractivity (Wildman–Crippen MR) is 84.8 cm³/mol. The van der Waals surface area contributed by atoms with E-state index >= 15 is 0 Å². The minimum atomic E-state index is -0.0987. The van der Waals surface area contributed by atoms with Crippen molar-refractivity contribution in [2.75, 3.05) is 11.1 Å². The van der Waals surface area contributed by atoms with Crippen molar-refractivity contribution in [1.29, 1.82) is 0 Å². The molecule has 0 fully saturated rings. The van der Waals surface area contributed by atoms with E-state index in [1.807, 2.05) is 6.07 Å². The molecule has 20 heavy (non-hydrogen) atoms. The first-order chi connectivity index (χ1) is 9.63. The monoisotopic (exact) mass is 306 g/mol. The molecule has 0 saturated carbocycles. The van der Waals surface area contributed by atoms with E-state index in [0.717, 1.165) is 17.7 Å². The molecular weight excluding hydrogens is 292 g/mol. The lowest BCUT2D eigenvalue weighted by Crippen LogP contribution is -2.11. The lowest BCUT2D eigenvalue weighted by Gasteiger charge is -2.08. The van der Waals surface area contributed by atoms with Crippen LogP contribution in [0.5, 0.6) is 0 Å². The number of amides is 1. The van der Waals surface area contributed by atoms with Crippen molar-refractivity contribution in [2.24, 2.45) is 0 Å². The largest absolute Gasteiger partial charge is 0.397 e. The van der Waals surface area contributed by atoms with Gasteiger partial charge in [0.15, 0.2) is 0 Å². The Bertz CT molecular complexity index is 642. The summed E-state index contributed by atoms with van der Waals surface area (Å²) in [5, 5.41) is 3.41. The van der Waals surface area contributed by atoms with Crippen LogP contribution < -0.4 is 11.1 Å². The molecule has 1 aromatic heterocycles. The Morgan fingerprint density at radius 3 is 2.80 bits per heavy atom. The third kappa shape index (κ3) is 2.67. The van der Waals surface area contributed by atoms with Gasteiger partial charge in [0.2, 0.25) is 0 Å². The van der Waals surface area contributed by atoms with Gasteiger partial charge in [0.05, 0.1) is 16.3 Å². The molecule has 104 valence electrons. The zero-order chi connectivity index (χ0) is 14.1. The summed E-state index contributed by atoms with van der Waals surface area (Å²) in [6.07, 6.45) is 4.62. The molecule has 0 aliphatic heterocycles. The van der Waals surface area contributed by atoms with Gasteiger partial charge in [0.1, 0.15) is 0 Å². The molecule has 0 radical (unpaired) electrons. The van der Waals surface area contributed by atoms with Gasteiger partial charge < -0.3 is 11.1 Å². The summed E-state index contributed by atoms with van der Waals surface area (Å²) in [5.74, 6) is -0.0987. The highest BCUT2D eigenvalue weighted by Gasteiger charge is 2.17. The second kappa shape index (κ2) is 5.46. The second-order valence-corrected chi connectivity index (χ2v) is 6.53. The highest BCUT2D eigenvalue weighted by Crippen LogP contribution is 2.30. The maximum absolute atomic E-state index is 12.3. The summed E-state index contributed by atoms with van der Waals surface area (Å²) < 4.78 is 0. The first kappa shape index (κ1) is 13.5. The van der Waals surface area contributed by atoms with Crippen LogP contribution >= 0.6 is 22.9 Å². The zero-order valence-corrected chi connectivity index (χ0v) is 12.5. The highest BCUT2D eigenvalue weighted by atomic mass is 35.5. The van der Waals surface area contributed by atoms with Gasteiger partial charge in [-0.25, -0.2) is 0 Å². The number of fused-ring (bicyclic) bond motifs is 1. The molecule has 0 bridgehead atoms. The molecule has 1 amide bonds. The summed E-state index contributed by atoms with van der Waals surface area (Å²) in [7, 11) is 0. The Morgan fingerprint density at radius 2 is 2.05 bits per heavy atom. The molecule has 0 atom stereocenters. The fourth-order valence-electron chi connectivity index (χ4n) is 2.43. The number of aryl methyl sites for hydroxylation is 2. The number of thiophene rings is 1. The zero-order valence-electron chi connectivity index (χ0n) is 10.9. The van der Waals surface area contributed by atoms with Crippen LogP contribution in [0.1, 0.15) is 33.0 Å². The standard InChI is InChI=1S/C15H15ClN2OS/c16-10-5-6-12(11(17)8-10)18-15(19)14-7-9-3-1-2-4-13(9)20-14/h5-8H,1-4,17H2,(H,18,19). The lowest BCUT2D eigenvalue weighted by molar-refractivity contribution is 0.103. The molecule has 5 heteroatoms. The van der Waals surface area contributed by atoms with Gasteiger partial charge in [-0.1, -0.05) is 11.6 Å². The number of nitrogens with two attached hydrogens (primary N) is 1. The first-order valence-electron chi connectivity index (χ1n) is 6.61. The maximum Gasteiger partial charge on any atom is 0.265 e. The molecule has 2 aromatic rings. The molecule has 3 nitrogen and oxygen atoms in total.